The summed E-state index contributed by atoms with van der Waals surface area (Å²) in [5.74, 6) is 1.74. The summed E-state index contributed by atoms with van der Waals surface area (Å²) >= 11 is 1.81. The summed E-state index contributed by atoms with van der Waals surface area (Å²) in [6, 6.07) is 0. The Labute approximate surface area is 295 Å². The standard InChI is InChI=1S/C38H77O7PS/c1-3-5-7-9-11-13-15-17-19-21-23-25-27-29-31-43-38(35-45-46(41,42)44-34-37(40)33-39)36-47-32-30-28-26-24-22-20-18-16-14-12-10-8-6-4-2/h13,15,37-40H,3-12,14,16-36H2,1-2H3,(H,41,42). The van der Waals surface area contributed by atoms with Crippen LogP contribution in [0.4, 0.5) is 0 Å². The summed E-state index contributed by atoms with van der Waals surface area (Å²) in [7, 11) is -4.33. The molecule has 0 aromatic rings. The molecule has 47 heavy (non-hydrogen) atoms. The number of phosphoric acid groups is 1. The zero-order valence-electron chi connectivity index (χ0n) is 30.8. The highest BCUT2D eigenvalue weighted by Gasteiger charge is 2.25. The molecule has 0 rings (SSSR count). The average molecular weight is 709 g/mol. The van der Waals surface area contributed by atoms with Gasteiger partial charge in [-0.05, 0) is 44.3 Å². The van der Waals surface area contributed by atoms with Crippen molar-refractivity contribution in [2.24, 2.45) is 0 Å². The van der Waals surface area contributed by atoms with Crippen molar-refractivity contribution in [1.82, 2.24) is 0 Å². The van der Waals surface area contributed by atoms with E-state index in [1.54, 1.807) is 0 Å². The molecule has 0 aromatic carbocycles. The van der Waals surface area contributed by atoms with Crippen molar-refractivity contribution in [3.63, 3.8) is 0 Å². The first-order valence-electron chi connectivity index (χ1n) is 19.7. The van der Waals surface area contributed by atoms with Crippen molar-refractivity contribution in [1.29, 1.82) is 0 Å². The Morgan fingerprint density at radius 2 is 1.04 bits per heavy atom. The molecule has 0 saturated carbocycles. The predicted octanol–water partition coefficient (Wildman–Crippen LogP) is 11.3. The minimum atomic E-state index is -4.33. The van der Waals surface area contributed by atoms with Gasteiger partial charge in [0.15, 0.2) is 0 Å². The highest BCUT2D eigenvalue weighted by molar-refractivity contribution is 7.99. The molecule has 0 fully saturated rings. The number of phosphoric ester groups is 1. The van der Waals surface area contributed by atoms with Gasteiger partial charge in [0.25, 0.3) is 0 Å². The maximum absolute atomic E-state index is 12.2. The van der Waals surface area contributed by atoms with Crippen LogP contribution in [0.25, 0.3) is 0 Å². The second kappa shape index (κ2) is 37.3. The molecule has 0 aliphatic heterocycles. The van der Waals surface area contributed by atoms with Crippen molar-refractivity contribution < 1.29 is 33.5 Å². The summed E-state index contributed by atoms with van der Waals surface area (Å²) in [6.45, 7) is 4.09. The van der Waals surface area contributed by atoms with Gasteiger partial charge in [0.05, 0.1) is 25.9 Å². The van der Waals surface area contributed by atoms with Crippen LogP contribution in [0.1, 0.15) is 181 Å². The molecule has 3 unspecified atom stereocenters. The van der Waals surface area contributed by atoms with E-state index in [4.69, 9.17) is 18.9 Å². The summed E-state index contributed by atoms with van der Waals surface area (Å²) in [6.07, 6.45) is 36.9. The van der Waals surface area contributed by atoms with Crippen LogP contribution >= 0.6 is 19.6 Å². The second-order valence-electron chi connectivity index (χ2n) is 13.3. The lowest BCUT2D eigenvalue weighted by Gasteiger charge is -2.20. The minimum absolute atomic E-state index is 0.0408. The first-order valence-corrected chi connectivity index (χ1v) is 22.3. The molecule has 9 heteroatoms. The van der Waals surface area contributed by atoms with Gasteiger partial charge in [0, 0.05) is 12.4 Å². The molecule has 0 saturated heterocycles. The largest absolute Gasteiger partial charge is 0.472 e. The number of allylic oxidation sites excluding steroid dienone is 2. The number of rotatable bonds is 39. The van der Waals surface area contributed by atoms with E-state index >= 15 is 0 Å². The van der Waals surface area contributed by atoms with Gasteiger partial charge in [-0.15, -0.1) is 0 Å². The van der Waals surface area contributed by atoms with Crippen molar-refractivity contribution in [2.45, 2.75) is 193 Å². The van der Waals surface area contributed by atoms with Crippen molar-refractivity contribution in [2.75, 3.05) is 37.9 Å². The number of hydrogen-bond donors (Lipinski definition) is 3. The Balaban J connectivity index is 4.06. The van der Waals surface area contributed by atoms with E-state index in [0.29, 0.717) is 12.4 Å². The zero-order valence-corrected chi connectivity index (χ0v) is 32.5. The van der Waals surface area contributed by atoms with Gasteiger partial charge < -0.3 is 19.8 Å². The van der Waals surface area contributed by atoms with E-state index in [1.165, 1.54) is 154 Å². The Morgan fingerprint density at radius 1 is 0.617 bits per heavy atom. The van der Waals surface area contributed by atoms with Gasteiger partial charge in [0.1, 0.15) is 6.10 Å². The van der Waals surface area contributed by atoms with E-state index < -0.39 is 27.1 Å². The summed E-state index contributed by atoms with van der Waals surface area (Å²) in [5, 5.41) is 18.3. The van der Waals surface area contributed by atoms with Crippen LogP contribution in [0.2, 0.25) is 0 Å². The maximum atomic E-state index is 12.2. The molecular formula is C38H77O7PS. The first-order chi connectivity index (χ1) is 22.9. The highest BCUT2D eigenvalue weighted by Crippen LogP contribution is 2.43. The van der Waals surface area contributed by atoms with Gasteiger partial charge >= 0.3 is 7.82 Å². The summed E-state index contributed by atoms with van der Waals surface area (Å²) in [5.41, 5.74) is 0. The van der Waals surface area contributed by atoms with Crippen LogP contribution in [-0.2, 0) is 18.3 Å². The lowest BCUT2D eigenvalue weighted by Crippen LogP contribution is -2.24. The molecule has 0 heterocycles. The number of hydrogen-bond acceptors (Lipinski definition) is 7. The zero-order chi connectivity index (χ0) is 34.5. The Bertz CT molecular complexity index is 697. The molecular weight excluding hydrogens is 631 g/mol. The van der Waals surface area contributed by atoms with Gasteiger partial charge in [-0.1, -0.05) is 154 Å². The fraction of sp³-hybridized carbons (Fsp3) is 0.947. The number of unbranched alkanes of at least 4 members (excludes halogenated alkanes) is 23. The third-order valence-corrected chi connectivity index (χ3v) is 10.7. The lowest BCUT2D eigenvalue weighted by molar-refractivity contribution is 0.00809. The quantitative estimate of drug-likeness (QED) is 0.0329. The number of ether oxygens (including phenoxy) is 1. The monoisotopic (exact) mass is 709 g/mol. The van der Waals surface area contributed by atoms with Crippen LogP contribution in [0.3, 0.4) is 0 Å². The fourth-order valence-corrected chi connectivity index (χ4v) is 7.27. The van der Waals surface area contributed by atoms with E-state index in [-0.39, 0.29) is 12.7 Å². The van der Waals surface area contributed by atoms with Gasteiger partial charge in [-0.3, -0.25) is 9.05 Å². The Hall–Kier alpha value is 0.0800. The van der Waals surface area contributed by atoms with Crippen LogP contribution < -0.4 is 0 Å². The molecule has 0 spiro atoms. The second-order valence-corrected chi connectivity index (χ2v) is 15.9. The lowest BCUT2D eigenvalue weighted by atomic mass is 10.0. The summed E-state index contributed by atoms with van der Waals surface area (Å²) < 4.78 is 28.3. The molecule has 0 radical (unpaired) electrons. The molecule has 0 amide bonds. The van der Waals surface area contributed by atoms with Crippen LogP contribution in [-0.4, -0.2) is 65.2 Å². The Morgan fingerprint density at radius 3 is 1.55 bits per heavy atom. The normalized spacial score (nSPS) is 14.6. The van der Waals surface area contributed by atoms with Gasteiger partial charge in [0.2, 0.25) is 0 Å². The number of aliphatic hydroxyl groups excluding tert-OH is 2. The van der Waals surface area contributed by atoms with Gasteiger partial charge in [-0.2, -0.15) is 11.8 Å². The van der Waals surface area contributed by atoms with Crippen LogP contribution in [0, 0.1) is 0 Å². The predicted molar refractivity (Wildman–Crippen MR) is 202 cm³/mol. The summed E-state index contributed by atoms with van der Waals surface area (Å²) in [4.78, 5) is 9.98. The molecule has 0 aliphatic carbocycles. The molecule has 0 aromatic heterocycles. The van der Waals surface area contributed by atoms with Crippen LogP contribution in [0.15, 0.2) is 12.2 Å². The topological polar surface area (TPSA) is 105 Å². The molecule has 282 valence electrons. The minimum Gasteiger partial charge on any atom is -0.394 e. The van der Waals surface area contributed by atoms with Gasteiger partial charge in [-0.25, -0.2) is 4.57 Å². The fourth-order valence-electron chi connectivity index (χ4n) is 5.45. The van der Waals surface area contributed by atoms with Crippen molar-refractivity contribution in [3.8, 4) is 0 Å². The van der Waals surface area contributed by atoms with E-state index in [0.717, 1.165) is 18.6 Å². The molecule has 0 aliphatic rings. The number of aliphatic hydroxyl groups is 2. The van der Waals surface area contributed by atoms with E-state index in [2.05, 4.69) is 26.0 Å². The van der Waals surface area contributed by atoms with E-state index in [1.807, 2.05) is 11.8 Å². The van der Waals surface area contributed by atoms with E-state index in [9.17, 15) is 14.6 Å². The van der Waals surface area contributed by atoms with Crippen molar-refractivity contribution in [3.05, 3.63) is 12.2 Å². The molecule has 3 atom stereocenters. The average Bonchev–Trinajstić information content (AvgIpc) is 3.07. The van der Waals surface area contributed by atoms with Crippen molar-refractivity contribution >= 4 is 19.6 Å². The third kappa shape index (κ3) is 37.2. The first kappa shape index (κ1) is 47.1. The highest BCUT2D eigenvalue weighted by atomic mass is 32.2. The van der Waals surface area contributed by atoms with Crippen LogP contribution in [0.5, 0.6) is 0 Å². The number of thioether (sulfide) groups is 1. The molecule has 0 bridgehead atoms. The Kier molecular flexibility index (Phi) is 37.4. The molecule has 7 nitrogen and oxygen atoms in total. The molecule has 3 N–H and O–H groups in total. The maximum Gasteiger partial charge on any atom is 0.472 e. The SMILES string of the molecule is CCCCCCC=CCCCCCCCCOC(COP(=O)(O)OCC(O)CO)CSCCCCCCCCCCCCCCCC. The third-order valence-electron chi connectivity index (χ3n) is 8.52. The smallest absolute Gasteiger partial charge is 0.394 e.